The molecule has 0 radical (unpaired) electrons. The van der Waals surface area contributed by atoms with Gasteiger partial charge in [0.1, 0.15) is 5.60 Å². The van der Waals surface area contributed by atoms with Crippen LogP contribution in [0.1, 0.15) is 159 Å². The molecule has 284 valence electrons. The van der Waals surface area contributed by atoms with Gasteiger partial charge in [-0.25, -0.2) is 8.42 Å². The lowest BCUT2D eigenvalue weighted by atomic mass is 9.89. The maximum atomic E-state index is 14.6. The Bertz CT molecular complexity index is 1530. The van der Waals surface area contributed by atoms with Crippen molar-refractivity contribution < 1.29 is 13.5 Å². The van der Waals surface area contributed by atoms with Gasteiger partial charge in [-0.05, 0) is 172 Å². The molecule has 4 heteroatoms. The van der Waals surface area contributed by atoms with Gasteiger partial charge in [0.05, 0.1) is 9.80 Å². The fraction of sp³-hybridized carbons (Fsp3) is 0.532. The number of aliphatic hydroxyl groups is 1. The van der Waals surface area contributed by atoms with Crippen LogP contribution in [0.15, 0.2) is 121 Å². The number of hydrogen-bond acceptors (Lipinski definition) is 3. The number of rotatable bonds is 22. The van der Waals surface area contributed by atoms with Crippen LogP contribution in [0.5, 0.6) is 0 Å². The first-order valence-corrected chi connectivity index (χ1v) is 20.6. The van der Waals surface area contributed by atoms with Crippen LogP contribution in [0.4, 0.5) is 0 Å². The van der Waals surface area contributed by atoms with E-state index in [1.54, 1.807) is 12.1 Å². The summed E-state index contributed by atoms with van der Waals surface area (Å²) in [4.78, 5) is 0.381. The smallest absolute Gasteiger partial charge is 0.205 e. The Balaban J connectivity index is 3.54. The molecule has 1 aromatic carbocycles. The molecule has 1 N–H and O–H groups in total. The molecule has 0 saturated carbocycles. The molecule has 0 amide bonds. The van der Waals surface area contributed by atoms with E-state index in [1.807, 2.05) is 26.0 Å². The third-order valence-electron chi connectivity index (χ3n) is 9.30. The van der Waals surface area contributed by atoms with Gasteiger partial charge in [0, 0.05) is 0 Å². The fourth-order valence-corrected chi connectivity index (χ4v) is 7.99. The first-order chi connectivity index (χ1) is 23.9. The fourth-order valence-electron chi connectivity index (χ4n) is 6.04. The van der Waals surface area contributed by atoms with E-state index in [1.165, 1.54) is 27.9 Å². The Labute approximate surface area is 314 Å². The number of aryl methyl sites for hydroxylation is 1. The van der Waals surface area contributed by atoms with E-state index in [0.717, 1.165) is 80.1 Å². The van der Waals surface area contributed by atoms with Crippen molar-refractivity contribution >= 4 is 9.84 Å². The zero-order valence-corrected chi connectivity index (χ0v) is 35.3. The average molecular weight is 717 g/mol. The van der Waals surface area contributed by atoms with Crippen molar-refractivity contribution in [2.45, 2.75) is 171 Å². The lowest BCUT2D eigenvalue weighted by molar-refractivity contribution is 0.0905. The van der Waals surface area contributed by atoms with Crippen molar-refractivity contribution in [2.75, 3.05) is 0 Å². The summed E-state index contributed by atoms with van der Waals surface area (Å²) in [5, 5.41) is 12.7. The first-order valence-electron chi connectivity index (χ1n) is 19.1. The highest BCUT2D eigenvalue weighted by atomic mass is 32.2. The maximum absolute atomic E-state index is 14.6. The molecule has 0 fully saturated rings. The Kier molecular flexibility index (Phi) is 21.3. The van der Waals surface area contributed by atoms with Crippen LogP contribution >= 0.6 is 0 Å². The second kappa shape index (κ2) is 23.6. The van der Waals surface area contributed by atoms with Gasteiger partial charge in [-0.2, -0.15) is 0 Å². The SMILES string of the molecule is CC(C)=CCCC(C)=CCCC(C)=CCC(O)(CC=C(C)CCC=C(C)CCC=C(C)C)C(=C(C)CCC=C(C)C)S(=O)(=O)c1ccc(C)cc1. The van der Waals surface area contributed by atoms with Crippen molar-refractivity contribution in [1.82, 2.24) is 0 Å². The highest BCUT2D eigenvalue weighted by Gasteiger charge is 2.40. The maximum Gasteiger partial charge on any atom is 0.205 e. The van der Waals surface area contributed by atoms with Gasteiger partial charge in [-0.3, -0.25) is 0 Å². The molecule has 0 aromatic heterocycles. The van der Waals surface area contributed by atoms with Crippen molar-refractivity contribution in [3.63, 3.8) is 0 Å². The second-order valence-electron chi connectivity index (χ2n) is 15.6. The van der Waals surface area contributed by atoms with Crippen LogP contribution in [0.3, 0.4) is 0 Å². The van der Waals surface area contributed by atoms with Crippen molar-refractivity contribution in [3.8, 4) is 0 Å². The molecule has 0 unspecified atom stereocenters. The highest BCUT2D eigenvalue weighted by molar-refractivity contribution is 7.95. The van der Waals surface area contributed by atoms with Gasteiger partial charge in [0.2, 0.25) is 9.84 Å². The molecule has 0 heterocycles. The summed E-state index contributed by atoms with van der Waals surface area (Å²) in [6, 6.07) is 7.02. The standard InChI is InChI=1S/C47H72O3S/c1-36(2)18-13-21-39(7)23-16-25-41(9)32-34-47(48,35-33-42(10)26-17-24-40(8)22-14-19-37(3)4)46(44(12)27-15-20-38(5)6)51(49,50)45-30-28-43(11)29-31-45/h18-20,23-24,28-33,48H,13-17,21-22,25-27,34-35H2,1-12H3. The van der Waals surface area contributed by atoms with Crippen molar-refractivity contribution in [2.24, 2.45) is 0 Å². The lowest BCUT2D eigenvalue weighted by Crippen LogP contribution is -2.35. The summed E-state index contributed by atoms with van der Waals surface area (Å²) < 4.78 is 29.1. The largest absolute Gasteiger partial charge is 0.384 e. The van der Waals surface area contributed by atoms with Gasteiger partial charge < -0.3 is 5.11 Å². The molecule has 0 bridgehead atoms. The molecular weight excluding hydrogens is 645 g/mol. The van der Waals surface area contributed by atoms with E-state index >= 15 is 0 Å². The summed E-state index contributed by atoms with van der Waals surface area (Å²) in [6.45, 7) is 25.1. The molecule has 1 aromatic rings. The zero-order valence-electron chi connectivity index (χ0n) is 34.5. The zero-order chi connectivity index (χ0) is 38.6. The molecular formula is C47H72O3S. The molecule has 1 rings (SSSR count). The topological polar surface area (TPSA) is 54.4 Å². The van der Waals surface area contributed by atoms with Gasteiger partial charge in [-0.15, -0.1) is 0 Å². The van der Waals surface area contributed by atoms with Crippen molar-refractivity contribution in [1.29, 1.82) is 0 Å². The van der Waals surface area contributed by atoms with E-state index in [2.05, 4.69) is 112 Å². The summed E-state index contributed by atoms with van der Waals surface area (Å²) in [7, 11) is -3.99. The van der Waals surface area contributed by atoms with E-state index in [4.69, 9.17) is 0 Å². The molecule has 0 aliphatic rings. The third kappa shape index (κ3) is 18.9. The van der Waals surface area contributed by atoms with E-state index in [0.29, 0.717) is 6.42 Å². The van der Waals surface area contributed by atoms with Gasteiger partial charge in [0.25, 0.3) is 0 Å². The Morgan fingerprint density at radius 3 is 1.24 bits per heavy atom. The van der Waals surface area contributed by atoms with E-state index in [9.17, 15) is 13.5 Å². The minimum absolute atomic E-state index is 0.152. The quantitative estimate of drug-likeness (QED) is 0.122. The number of allylic oxidation sites excluding steroid dienone is 13. The second-order valence-corrected chi connectivity index (χ2v) is 17.5. The molecule has 3 nitrogen and oxygen atoms in total. The predicted octanol–water partition coefficient (Wildman–Crippen LogP) is 14.1. The lowest BCUT2D eigenvalue weighted by Gasteiger charge is -2.31. The van der Waals surface area contributed by atoms with Crippen LogP contribution < -0.4 is 0 Å². The molecule has 0 aliphatic carbocycles. The minimum Gasteiger partial charge on any atom is -0.384 e. The number of hydrogen-bond donors (Lipinski definition) is 1. The molecule has 51 heavy (non-hydrogen) atoms. The highest BCUT2D eigenvalue weighted by Crippen LogP contribution is 2.39. The number of sulfone groups is 1. The van der Waals surface area contributed by atoms with Crippen LogP contribution in [0.2, 0.25) is 0 Å². The Morgan fingerprint density at radius 1 is 0.529 bits per heavy atom. The Hall–Kier alpha value is -2.95. The summed E-state index contributed by atoms with van der Waals surface area (Å²) in [6.07, 6.45) is 25.0. The van der Waals surface area contributed by atoms with Gasteiger partial charge in [0.15, 0.2) is 0 Å². The monoisotopic (exact) mass is 717 g/mol. The van der Waals surface area contributed by atoms with Gasteiger partial charge in [-0.1, -0.05) is 105 Å². The van der Waals surface area contributed by atoms with Crippen LogP contribution in [-0.2, 0) is 9.84 Å². The van der Waals surface area contributed by atoms with Crippen LogP contribution in [-0.4, -0.2) is 19.1 Å². The third-order valence-corrected chi connectivity index (χ3v) is 11.5. The summed E-state index contributed by atoms with van der Waals surface area (Å²) >= 11 is 0. The molecule has 0 atom stereocenters. The first kappa shape index (κ1) is 46.1. The van der Waals surface area contributed by atoms with Gasteiger partial charge >= 0.3 is 0 Å². The summed E-state index contributed by atoms with van der Waals surface area (Å²) in [5.74, 6) is 0. The normalized spacial score (nSPS) is 14.8. The van der Waals surface area contributed by atoms with E-state index < -0.39 is 15.4 Å². The van der Waals surface area contributed by atoms with Crippen molar-refractivity contribution in [3.05, 3.63) is 122 Å². The summed E-state index contributed by atoms with van der Waals surface area (Å²) in [5.41, 5.74) is 9.11. The average Bonchev–Trinajstić information content (AvgIpc) is 3.02. The van der Waals surface area contributed by atoms with Crippen LogP contribution in [0.25, 0.3) is 0 Å². The minimum atomic E-state index is -3.99. The molecule has 0 saturated heterocycles. The predicted molar refractivity (Wildman–Crippen MR) is 225 cm³/mol. The number of benzene rings is 1. The molecule has 0 spiro atoms. The Morgan fingerprint density at radius 2 is 0.863 bits per heavy atom. The van der Waals surface area contributed by atoms with E-state index in [-0.39, 0.29) is 22.6 Å². The van der Waals surface area contributed by atoms with Crippen LogP contribution in [0, 0.1) is 6.92 Å². The molecule has 0 aliphatic heterocycles.